The van der Waals surface area contributed by atoms with E-state index in [1.807, 2.05) is 7.05 Å². The second-order valence-electron chi connectivity index (χ2n) is 2.39. The van der Waals surface area contributed by atoms with Crippen molar-refractivity contribution in [1.82, 2.24) is 10.6 Å². The van der Waals surface area contributed by atoms with Gasteiger partial charge < -0.3 is 15.4 Å². The van der Waals surface area contributed by atoms with Crippen LogP contribution in [0.4, 0.5) is 0 Å². The summed E-state index contributed by atoms with van der Waals surface area (Å²) >= 11 is 0. The monoisotopic (exact) mass is 146 g/mol. The maximum Gasteiger partial charge on any atom is 0.0587 e. The van der Waals surface area contributed by atoms with Crippen molar-refractivity contribution in [2.75, 3.05) is 33.9 Å². The van der Waals surface area contributed by atoms with E-state index in [0.717, 1.165) is 19.7 Å². The van der Waals surface area contributed by atoms with Gasteiger partial charge in [-0.3, -0.25) is 0 Å². The van der Waals surface area contributed by atoms with E-state index in [1.165, 1.54) is 0 Å². The number of nitrogens with one attached hydrogen (secondary N) is 2. The van der Waals surface area contributed by atoms with Crippen molar-refractivity contribution in [2.45, 2.75) is 13.0 Å². The van der Waals surface area contributed by atoms with Gasteiger partial charge in [-0.15, -0.1) is 0 Å². The SMILES string of the molecule is CN[C@@H](C)CNCCOC. The van der Waals surface area contributed by atoms with Crippen LogP contribution >= 0.6 is 0 Å². The Morgan fingerprint density at radius 3 is 2.70 bits per heavy atom. The fourth-order valence-corrected chi connectivity index (χ4v) is 0.595. The van der Waals surface area contributed by atoms with E-state index in [9.17, 15) is 0 Å². The molecule has 0 bridgehead atoms. The van der Waals surface area contributed by atoms with Gasteiger partial charge in [0.25, 0.3) is 0 Å². The maximum atomic E-state index is 4.87. The minimum absolute atomic E-state index is 0.539. The number of likely N-dealkylation sites (N-methyl/N-ethyl adjacent to an activating group) is 1. The van der Waals surface area contributed by atoms with Crippen molar-refractivity contribution in [3.63, 3.8) is 0 Å². The largest absolute Gasteiger partial charge is 0.383 e. The highest BCUT2D eigenvalue weighted by atomic mass is 16.5. The second-order valence-corrected chi connectivity index (χ2v) is 2.39. The van der Waals surface area contributed by atoms with E-state index in [1.54, 1.807) is 7.11 Å². The van der Waals surface area contributed by atoms with Gasteiger partial charge in [-0.2, -0.15) is 0 Å². The highest BCUT2D eigenvalue weighted by Crippen LogP contribution is 1.74. The highest BCUT2D eigenvalue weighted by Gasteiger charge is 1.94. The van der Waals surface area contributed by atoms with Crippen LogP contribution in [0.3, 0.4) is 0 Å². The molecular weight excluding hydrogens is 128 g/mol. The third kappa shape index (κ3) is 6.01. The number of rotatable bonds is 6. The molecule has 0 aromatic heterocycles. The van der Waals surface area contributed by atoms with Gasteiger partial charge in [-0.25, -0.2) is 0 Å². The lowest BCUT2D eigenvalue weighted by Crippen LogP contribution is -2.35. The number of methoxy groups -OCH3 is 1. The summed E-state index contributed by atoms with van der Waals surface area (Å²) in [5.41, 5.74) is 0. The molecule has 0 saturated heterocycles. The Kier molecular flexibility index (Phi) is 6.91. The molecule has 1 atom stereocenters. The summed E-state index contributed by atoms with van der Waals surface area (Å²) in [6, 6.07) is 0.539. The van der Waals surface area contributed by atoms with Crippen LogP contribution in [0.5, 0.6) is 0 Å². The average Bonchev–Trinajstić information content (AvgIpc) is 1.98. The van der Waals surface area contributed by atoms with E-state index < -0.39 is 0 Å². The molecule has 0 radical (unpaired) electrons. The first-order valence-corrected chi connectivity index (χ1v) is 3.68. The molecule has 62 valence electrons. The zero-order valence-electron chi connectivity index (χ0n) is 7.11. The molecule has 0 aliphatic carbocycles. The molecule has 0 saturated carbocycles. The Hall–Kier alpha value is -0.120. The molecule has 0 amide bonds. The summed E-state index contributed by atoms with van der Waals surface area (Å²) in [5, 5.41) is 6.39. The molecule has 0 rings (SSSR count). The summed E-state index contributed by atoms with van der Waals surface area (Å²) < 4.78 is 4.87. The summed E-state index contributed by atoms with van der Waals surface area (Å²) in [7, 11) is 3.67. The molecule has 0 aromatic rings. The zero-order chi connectivity index (χ0) is 7.82. The molecular formula is C7H18N2O. The molecule has 0 aromatic carbocycles. The van der Waals surface area contributed by atoms with Crippen molar-refractivity contribution in [3.8, 4) is 0 Å². The normalized spacial score (nSPS) is 13.5. The van der Waals surface area contributed by atoms with Crippen LogP contribution in [0.2, 0.25) is 0 Å². The molecule has 0 spiro atoms. The summed E-state index contributed by atoms with van der Waals surface area (Å²) in [4.78, 5) is 0. The third-order valence-corrected chi connectivity index (χ3v) is 1.43. The summed E-state index contributed by atoms with van der Waals surface area (Å²) in [5.74, 6) is 0. The van der Waals surface area contributed by atoms with Crippen molar-refractivity contribution in [2.24, 2.45) is 0 Å². The second kappa shape index (κ2) is 6.99. The number of ether oxygens (including phenoxy) is 1. The number of hydrogen-bond acceptors (Lipinski definition) is 3. The van der Waals surface area contributed by atoms with E-state index in [4.69, 9.17) is 4.74 Å². The lowest BCUT2D eigenvalue weighted by Gasteiger charge is -2.10. The quantitative estimate of drug-likeness (QED) is 0.510. The van der Waals surface area contributed by atoms with Gasteiger partial charge in [0.2, 0.25) is 0 Å². The molecule has 3 heteroatoms. The molecule has 2 N–H and O–H groups in total. The standard InChI is InChI=1S/C7H18N2O/c1-7(8-2)6-9-4-5-10-3/h7-9H,4-6H2,1-3H3/t7-/m0/s1. The van der Waals surface area contributed by atoms with Crippen LogP contribution in [-0.4, -0.2) is 39.9 Å². The Labute approximate surface area is 63.1 Å². The van der Waals surface area contributed by atoms with Crippen molar-refractivity contribution >= 4 is 0 Å². The molecule has 0 aliphatic rings. The van der Waals surface area contributed by atoms with Crippen LogP contribution < -0.4 is 10.6 Å². The van der Waals surface area contributed by atoms with Crippen LogP contribution in [-0.2, 0) is 4.74 Å². The Bertz CT molecular complexity index is 68.6. The Morgan fingerprint density at radius 2 is 2.20 bits per heavy atom. The van der Waals surface area contributed by atoms with Gasteiger partial charge in [-0.05, 0) is 14.0 Å². The predicted molar refractivity (Wildman–Crippen MR) is 43.3 cm³/mol. The molecule has 0 aliphatic heterocycles. The van der Waals surface area contributed by atoms with Gasteiger partial charge in [-0.1, -0.05) is 0 Å². The van der Waals surface area contributed by atoms with E-state index in [0.29, 0.717) is 6.04 Å². The molecule has 3 nitrogen and oxygen atoms in total. The maximum absolute atomic E-state index is 4.87. The minimum atomic E-state index is 0.539. The summed E-state index contributed by atoms with van der Waals surface area (Å²) in [6.45, 7) is 4.86. The van der Waals surface area contributed by atoms with Gasteiger partial charge in [0.1, 0.15) is 0 Å². The van der Waals surface area contributed by atoms with Crippen molar-refractivity contribution in [3.05, 3.63) is 0 Å². The third-order valence-electron chi connectivity index (χ3n) is 1.43. The molecule has 0 unspecified atom stereocenters. The zero-order valence-corrected chi connectivity index (χ0v) is 7.11. The lowest BCUT2D eigenvalue weighted by molar-refractivity contribution is 0.198. The first-order valence-electron chi connectivity index (χ1n) is 3.68. The molecule has 0 fully saturated rings. The van der Waals surface area contributed by atoms with E-state index >= 15 is 0 Å². The average molecular weight is 146 g/mol. The first kappa shape index (κ1) is 9.88. The van der Waals surface area contributed by atoms with Crippen LogP contribution in [0.1, 0.15) is 6.92 Å². The van der Waals surface area contributed by atoms with E-state index in [2.05, 4.69) is 17.6 Å². The lowest BCUT2D eigenvalue weighted by atomic mass is 10.3. The highest BCUT2D eigenvalue weighted by molar-refractivity contribution is 4.59. The van der Waals surface area contributed by atoms with Crippen LogP contribution in [0, 0.1) is 0 Å². The van der Waals surface area contributed by atoms with Crippen LogP contribution in [0.15, 0.2) is 0 Å². The smallest absolute Gasteiger partial charge is 0.0587 e. The molecule has 10 heavy (non-hydrogen) atoms. The predicted octanol–water partition coefficient (Wildman–Crippen LogP) is -0.170. The molecule has 0 heterocycles. The minimum Gasteiger partial charge on any atom is -0.383 e. The fraction of sp³-hybridized carbons (Fsp3) is 1.00. The summed E-state index contributed by atoms with van der Waals surface area (Å²) in [6.07, 6.45) is 0. The van der Waals surface area contributed by atoms with Crippen molar-refractivity contribution < 1.29 is 4.74 Å². The van der Waals surface area contributed by atoms with Gasteiger partial charge >= 0.3 is 0 Å². The first-order chi connectivity index (χ1) is 4.81. The fourth-order valence-electron chi connectivity index (χ4n) is 0.595. The van der Waals surface area contributed by atoms with Gasteiger partial charge in [0.15, 0.2) is 0 Å². The van der Waals surface area contributed by atoms with Gasteiger partial charge in [0.05, 0.1) is 6.61 Å². The van der Waals surface area contributed by atoms with Crippen LogP contribution in [0.25, 0.3) is 0 Å². The van der Waals surface area contributed by atoms with E-state index in [-0.39, 0.29) is 0 Å². The Balaban J connectivity index is 2.89. The topological polar surface area (TPSA) is 33.3 Å². The van der Waals surface area contributed by atoms with Crippen molar-refractivity contribution in [1.29, 1.82) is 0 Å². The van der Waals surface area contributed by atoms with Gasteiger partial charge in [0, 0.05) is 26.2 Å². The number of hydrogen-bond donors (Lipinski definition) is 2. The Morgan fingerprint density at radius 1 is 1.50 bits per heavy atom.